The van der Waals surface area contributed by atoms with Gasteiger partial charge in [-0.15, -0.1) is 0 Å². The molecule has 3 saturated heterocycles. The first kappa shape index (κ1) is 17.8. The minimum Gasteiger partial charge on any atom is -0.447 e. The number of rotatable bonds is 1. The van der Waals surface area contributed by atoms with Gasteiger partial charge in [-0.1, -0.05) is 0 Å². The van der Waals surface area contributed by atoms with Crippen molar-refractivity contribution in [2.24, 2.45) is 0 Å². The SMILES string of the molecule is O=C1NC2(CO1)CN(C(=O)N1CCC(c3cnc(C(F)(F)F)cn3)CC1)C2. The van der Waals surface area contributed by atoms with Crippen LogP contribution in [0.3, 0.4) is 0 Å². The topological polar surface area (TPSA) is 87.7 Å². The summed E-state index contributed by atoms with van der Waals surface area (Å²) in [6.07, 6.45) is -1.80. The lowest BCUT2D eigenvalue weighted by Gasteiger charge is -2.48. The van der Waals surface area contributed by atoms with Crippen LogP contribution in [0.25, 0.3) is 0 Å². The summed E-state index contributed by atoms with van der Waals surface area (Å²) in [4.78, 5) is 34.4. The highest BCUT2D eigenvalue weighted by molar-refractivity contribution is 5.78. The van der Waals surface area contributed by atoms with Crippen molar-refractivity contribution < 1.29 is 27.5 Å². The Morgan fingerprint density at radius 1 is 1.19 bits per heavy atom. The molecule has 146 valence electrons. The molecule has 1 aromatic rings. The summed E-state index contributed by atoms with van der Waals surface area (Å²) in [7, 11) is 0. The summed E-state index contributed by atoms with van der Waals surface area (Å²) in [5, 5.41) is 2.73. The largest absolute Gasteiger partial charge is 0.447 e. The minimum absolute atomic E-state index is 0.0194. The average molecular weight is 385 g/mol. The number of halogens is 3. The first-order valence-corrected chi connectivity index (χ1v) is 8.64. The van der Waals surface area contributed by atoms with Gasteiger partial charge in [0.25, 0.3) is 0 Å². The number of ether oxygens (including phenoxy) is 1. The van der Waals surface area contributed by atoms with Crippen molar-refractivity contribution in [1.29, 1.82) is 0 Å². The van der Waals surface area contributed by atoms with Gasteiger partial charge < -0.3 is 19.9 Å². The summed E-state index contributed by atoms with van der Waals surface area (Å²) < 4.78 is 42.6. The van der Waals surface area contributed by atoms with E-state index < -0.39 is 23.5 Å². The van der Waals surface area contributed by atoms with Crippen LogP contribution in [-0.2, 0) is 10.9 Å². The van der Waals surface area contributed by atoms with E-state index in [4.69, 9.17) is 4.74 Å². The van der Waals surface area contributed by atoms with E-state index in [1.807, 2.05) is 0 Å². The van der Waals surface area contributed by atoms with E-state index in [1.54, 1.807) is 9.80 Å². The number of nitrogens with zero attached hydrogens (tertiary/aromatic N) is 4. The molecule has 3 fully saturated rings. The molecule has 0 aromatic carbocycles. The number of likely N-dealkylation sites (tertiary alicyclic amines) is 2. The molecule has 4 rings (SSSR count). The van der Waals surface area contributed by atoms with Crippen LogP contribution in [0, 0.1) is 0 Å². The fourth-order valence-electron chi connectivity index (χ4n) is 3.74. The van der Waals surface area contributed by atoms with Crippen LogP contribution < -0.4 is 5.32 Å². The predicted octanol–water partition coefficient (Wildman–Crippen LogP) is 1.59. The number of amides is 3. The Bertz CT molecular complexity index is 741. The average Bonchev–Trinajstić information content (AvgIpc) is 3.02. The number of carbonyl (C=O) groups excluding carboxylic acids is 2. The van der Waals surface area contributed by atoms with Crippen molar-refractivity contribution in [1.82, 2.24) is 25.1 Å². The summed E-state index contributed by atoms with van der Waals surface area (Å²) in [5.41, 5.74) is -0.946. The molecule has 0 saturated carbocycles. The second kappa shape index (κ2) is 6.24. The van der Waals surface area contributed by atoms with E-state index in [2.05, 4.69) is 15.3 Å². The number of carbonyl (C=O) groups is 2. The van der Waals surface area contributed by atoms with E-state index in [-0.39, 0.29) is 18.6 Å². The number of alkyl halides is 3. The Hall–Kier alpha value is -2.59. The zero-order valence-corrected chi connectivity index (χ0v) is 14.3. The lowest BCUT2D eigenvalue weighted by atomic mass is 9.91. The van der Waals surface area contributed by atoms with Crippen molar-refractivity contribution in [3.8, 4) is 0 Å². The fraction of sp³-hybridized carbons (Fsp3) is 0.625. The maximum Gasteiger partial charge on any atom is 0.434 e. The number of cyclic esters (lactones) is 1. The van der Waals surface area contributed by atoms with Crippen LogP contribution in [-0.4, -0.2) is 70.2 Å². The maximum absolute atomic E-state index is 12.6. The van der Waals surface area contributed by atoms with Gasteiger partial charge in [0.2, 0.25) is 0 Å². The maximum atomic E-state index is 12.6. The first-order valence-electron chi connectivity index (χ1n) is 8.64. The molecular weight excluding hydrogens is 367 g/mol. The third-order valence-corrected chi connectivity index (χ3v) is 5.25. The van der Waals surface area contributed by atoms with E-state index in [9.17, 15) is 22.8 Å². The highest BCUT2D eigenvalue weighted by Crippen LogP contribution is 2.31. The lowest BCUT2D eigenvalue weighted by molar-refractivity contribution is -0.141. The molecule has 3 amide bonds. The molecule has 27 heavy (non-hydrogen) atoms. The van der Waals surface area contributed by atoms with Gasteiger partial charge in [-0.05, 0) is 12.8 Å². The molecule has 8 nitrogen and oxygen atoms in total. The molecule has 4 heterocycles. The molecule has 0 bridgehead atoms. The summed E-state index contributed by atoms with van der Waals surface area (Å²) in [5.74, 6) is -0.0194. The van der Waals surface area contributed by atoms with E-state index in [0.29, 0.717) is 44.7 Å². The zero-order chi connectivity index (χ0) is 19.2. The van der Waals surface area contributed by atoms with Crippen molar-refractivity contribution in [2.45, 2.75) is 30.5 Å². The molecule has 3 aliphatic heterocycles. The van der Waals surface area contributed by atoms with Crippen molar-refractivity contribution in [3.63, 3.8) is 0 Å². The van der Waals surface area contributed by atoms with Crippen LogP contribution in [0.5, 0.6) is 0 Å². The van der Waals surface area contributed by atoms with Crippen LogP contribution in [0.4, 0.5) is 22.8 Å². The van der Waals surface area contributed by atoms with Gasteiger partial charge in [-0.2, -0.15) is 13.2 Å². The molecule has 1 spiro atoms. The van der Waals surface area contributed by atoms with E-state index in [1.165, 1.54) is 6.20 Å². The molecule has 0 radical (unpaired) electrons. The Kier molecular flexibility index (Phi) is 4.11. The van der Waals surface area contributed by atoms with Gasteiger partial charge >= 0.3 is 18.3 Å². The van der Waals surface area contributed by atoms with Gasteiger partial charge in [-0.3, -0.25) is 4.98 Å². The van der Waals surface area contributed by atoms with Gasteiger partial charge in [0.15, 0.2) is 5.69 Å². The smallest absolute Gasteiger partial charge is 0.434 e. The fourth-order valence-corrected chi connectivity index (χ4v) is 3.74. The predicted molar refractivity (Wildman–Crippen MR) is 84.8 cm³/mol. The molecule has 3 aliphatic rings. The number of hydrogen-bond acceptors (Lipinski definition) is 5. The Morgan fingerprint density at radius 3 is 2.41 bits per heavy atom. The Balaban J connectivity index is 1.29. The van der Waals surface area contributed by atoms with Crippen molar-refractivity contribution in [2.75, 3.05) is 32.8 Å². The molecule has 0 aliphatic carbocycles. The number of aromatic nitrogens is 2. The van der Waals surface area contributed by atoms with Crippen LogP contribution in [0.15, 0.2) is 12.4 Å². The highest BCUT2D eigenvalue weighted by Gasteiger charge is 2.52. The first-order chi connectivity index (χ1) is 12.8. The van der Waals surface area contributed by atoms with Crippen LogP contribution >= 0.6 is 0 Å². The quantitative estimate of drug-likeness (QED) is 0.793. The molecule has 1 N–H and O–H groups in total. The molecule has 1 aromatic heterocycles. The van der Waals surface area contributed by atoms with Crippen molar-refractivity contribution in [3.05, 3.63) is 23.8 Å². The van der Waals surface area contributed by atoms with E-state index >= 15 is 0 Å². The van der Waals surface area contributed by atoms with Crippen LogP contribution in [0.2, 0.25) is 0 Å². The Labute approximate surface area is 152 Å². The third kappa shape index (κ3) is 3.37. The zero-order valence-electron chi connectivity index (χ0n) is 14.3. The number of nitrogens with one attached hydrogen (secondary N) is 1. The number of hydrogen-bond donors (Lipinski definition) is 1. The lowest BCUT2D eigenvalue weighted by Crippen LogP contribution is -2.71. The third-order valence-electron chi connectivity index (χ3n) is 5.25. The normalized spacial score (nSPS) is 22.4. The molecule has 0 unspecified atom stereocenters. The van der Waals surface area contributed by atoms with Gasteiger partial charge in [-0.25, -0.2) is 14.6 Å². The number of alkyl carbamates (subject to hydrolysis) is 1. The summed E-state index contributed by atoms with van der Waals surface area (Å²) >= 11 is 0. The number of piperidine rings is 1. The van der Waals surface area contributed by atoms with Gasteiger partial charge in [0.05, 0.1) is 25.0 Å². The molecule has 0 atom stereocenters. The minimum atomic E-state index is -4.50. The molecule has 11 heteroatoms. The Morgan fingerprint density at radius 2 is 1.89 bits per heavy atom. The van der Waals surface area contributed by atoms with Crippen molar-refractivity contribution >= 4 is 12.1 Å². The van der Waals surface area contributed by atoms with Gasteiger partial charge in [0.1, 0.15) is 12.1 Å². The second-order valence-electron chi connectivity index (χ2n) is 7.21. The summed E-state index contributed by atoms with van der Waals surface area (Å²) in [6, 6.07) is -0.0984. The summed E-state index contributed by atoms with van der Waals surface area (Å²) in [6.45, 7) is 2.10. The monoisotopic (exact) mass is 385 g/mol. The highest BCUT2D eigenvalue weighted by atomic mass is 19.4. The standard InChI is InChI=1S/C16H18F3N5O3/c17-16(18,19)12-6-20-11(5-21-12)10-1-3-23(4-2-10)14(26)24-7-15(8-24)9-27-13(25)22-15/h5-6,10H,1-4,7-9H2,(H,22,25). The van der Waals surface area contributed by atoms with Crippen LogP contribution in [0.1, 0.15) is 30.1 Å². The number of urea groups is 1. The van der Waals surface area contributed by atoms with E-state index in [0.717, 1.165) is 6.20 Å². The second-order valence-corrected chi connectivity index (χ2v) is 7.21. The van der Waals surface area contributed by atoms with Gasteiger partial charge in [0, 0.05) is 25.2 Å². The molecular formula is C16H18F3N5O3.